The van der Waals surface area contributed by atoms with Crippen molar-refractivity contribution in [1.29, 1.82) is 0 Å². The number of nitrogens with two attached hydrogens (primary N) is 1. The molecule has 2 aromatic heterocycles. The van der Waals surface area contributed by atoms with Gasteiger partial charge in [0.05, 0.1) is 21.9 Å². The lowest BCUT2D eigenvalue weighted by Gasteiger charge is -2.02. The van der Waals surface area contributed by atoms with E-state index in [1.807, 2.05) is 6.07 Å². The molecule has 7 nitrogen and oxygen atoms in total. The zero-order valence-corrected chi connectivity index (χ0v) is 15.0. The molecule has 0 aliphatic heterocycles. The summed E-state index contributed by atoms with van der Waals surface area (Å²) >= 11 is 8.38. The average molecular weight is 395 g/mol. The van der Waals surface area contributed by atoms with Crippen LogP contribution in [-0.4, -0.2) is 27.8 Å². The molecule has 3 N–H and O–H groups in total. The van der Waals surface area contributed by atoms with Crippen LogP contribution < -0.4 is 11.1 Å². The third-order valence-electron chi connectivity index (χ3n) is 3.02. The third kappa shape index (κ3) is 4.19. The average Bonchev–Trinajstić information content (AvgIpc) is 3.22. The third-order valence-corrected chi connectivity index (χ3v) is 5.00. The van der Waals surface area contributed by atoms with Crippen LogP contribution in [-0.2, 0) is 4.79 Å². The molecule has 3 aromatic rings. The van der Waals surface area contributed by atoms with E-state index >= 15 is 0 Å². The van der Waals surface area contributed by atoms with E-state index in [9.17, 15) is 9.59 Å². The summed E-state index contributed by atoms with van der Waals surface area (Å²) in [5, 5.41) is 13.3. The number of amides is 2. The summed E-state index contributed by atoms with van der Waals surface area (Å²) in [6.07, 6.45) is 0. The number of nitrogens with one attached hydrogen (secondary N) is 1. The van der Waals surface area contributed by atoms with Crippen LogP contribution in [0.25, 0.3) is 11.5 Å². The van der Waals surface area contributed by atoms with Crippen molar-refractivity contribution in [2.24, 2.45) is 5.73 Å². The predicted molar refractivity (Wildman–Crippen MR) is 96.9 cm³/mol. The Balaban J connectivity index is 1.61. The number of hydrogen-bond acceptors (Lipinski definition) is 7. The van der Waals surface area contributed by atoms with Crippen molar-refractivity contribution in [2.45, 2.75) is 5.22 Å². The number of carbonyl (C=O) groups excluding carboxylic acids is 2. The lowest BCUT2D eigenvalue weighted by molar-refractivity contribution is -0.113. The number of aromatic nitrogens is 2. The monoisotopic (exact) mass is 394 g/mol. The molecule has 0 bridgehead atoms. The Morgan fingerprint density at radius 1 is 1.28 bits per heavy atom. The van der Waals surface area contributed by atoms with Crippen molar-refractivity contribution < 1.29 is 14.0 Å². The number of thioether (sulfide) groups is 1. The normalized spacial score (nSPS) is 10.6. The molecule has 0 radical (unpaired) electrons. The SMILES string of the molecule is NC(=O)c1ccsc1NC(=O)CSc1nnc(-c2ccccc2Cl)o1. The van der Waals surface area contributed by atoms with Crippen LogP contribution in [0.3, 0.4) is 0 Å². The van der Waals surface area contributed by atoms with Crippen molar-refractivity contribution >= 4 is 51.5 Å². The van der Waals surface area contributed by atoms with Gasteiger partial charge in [-0.3, -0.25) is 9.59 Å². The minimum atomic E-state index is -0.592. The van der Waals surface area contributed by atoms with Gasteiger partial charge in [-0.1, -0.05) is 35.5 Å². The molecule has 0 atom stereocenters. The van der Waals surface area contributed by atoms with Gasteiger partial charge in [0.2, 0.25) is 11.8 Å². The van der Waals surface area contributed by atoms with E-state index in [0.29, 0.717) is 15.6 Å². The molecular weight excluding hydrogens is 384 g/mol. The summed E-state index contributed by atoms with van der Waals surface area (Å²) < 4.78 is 5.50. The van der Waals surface area contributed by atoms with Crippen LogP contribution in [0.1, 0.15) is 10.4 Å². The molecule has 2 heterocycles. The highest BCUT2D eigenvalue weighted by Gasteiger charge is 2.15. The van der Waals surface area contributed by atoms with Gasteiger partial charge in [0, 0.05) is 0 Å². The molecule has 0 saturated carbocycles. The van der Waals surface area contributed by atoms with Gasteiger partial charge in [0.15, 0.2) is 0 Å². The molecule has 0 aliphatic rings. The number of benzene rings is 1. The van der Waals surface area contributed by atoms with Gasteiger partial charge in [-0.05, 0) is 23.6 Å². The van der Waals surface area contributed by atoms with Gasteiger partial charge >= 0.3 is 0 Å². The molecule has 0 spiro atoms. The lowest BCUT2D eigenvalue weighted by Crippen LogP contribution is -2.17. The smallest absolute Gasteiger partial charge is 0.277 e. The van der Waals surface area contributed by atoms with Crippen LogP contribution >= 0.6 is 34.7 Å². The Kier molecular flexibility index (Phi) is 5.37. The second kappa shape index (κ2) is 7.68. The Bertz CT molecular complexity index is 925. The predicted octanol–water partition coefficient (Wildman–Crippen LogP) is 3.28. The molecule has 128 valence electrons. The van der Waals surface area contributed by atoms with E-state index < -0.39 is 5.91 Å². The first-order valence-electron chi connectivity index (χ1n) is 6.93. The van der Waals surface area contributed by atoms with E-state index in [4.69, 9.17) is 21.8 Å². The van der Waals surface area contributed by atoms with Crippen molar-refractivity contribution in [3.63, 3.8) is 0 Å². The van der Waals surface area contributed by atoms with Gasteiger partial charge in [0.25, 0.3) is 11.1 Å². The minimum absolute atomic E-state index is 0.0419. The molecule has 0 saturated heterocycles. The number of carbonyl (C=O) groups is 2. The molecule has 10 heteroatoms. The minimum Gasteiger partial charge on any atom is -0.411 e. The number of rotatable bonds is 6. The fourth-order valence-electron chi connectivity index (χ4n) is 1.90. The topological polar surface area (TPSA) is 111 Å². The lowest BCUT2D eigenvalue weighted by atomic mass is 10.2. The number of halogens is 1. The number of primary amides is 1. The molecule has 0 aliphatic carbocycles. The summed E-state index contributed by atoms with van der Waals surface area (Å²) in [6.45, 7) is 0. The highest BCUT2D eigenvalue weighted by Crippen LogP contribution is 2.29. The quantitative estimate of drug-likeness (QED) is 0.620. The van der Waals surface area contributed by atoms with Crippen LogP contribution in [0.15, 0.2) is 45.4 Å². The molecule has 25 heavy (non-hydrogen) atoms. The Morgan fingerprint density at radius 2 is 2.08 bits per heavy atom. The van der Waals surface area contributed by atoms with Gasteiger partial charge in [0.1, 0.15) is 5.00 Å². The maximum atomic E-state index is 12.0. The molecule has 0 unspecified atom stereocenters. The van der Waals surface area contributed by atoms with E-state index in [-0.39, 0.29) is 28.3 Å². The number of nitrogens with zero attached hydrogens (tertiary/aromatic N) is 2. The highest BCUT2D eigenvalue weighted by atomic mass is 35.5. The summed E-state index contributed by atoms with van der Waals surface area (Å²) in [4.78, 5) is 23.2. The highest BCUT2D eigenvalue weighted by molar-refractivity contribution is 7.99. The summed E-state index contributed by atoms with van der Waals surface area (Å²) in [7, 11) is 0. The van der Waals surface area contributed by atoms with Gasteiger partial charge in [-0.15, -0.1) is 21.5 Å². The first kappa shape index (κ1) is 17.5. The fraction of sp³-hybridized carbons (Fsp3) is 0.0667. The molecule has 0 fully saturated rings. The van der Waals surface area contributed by atoms with Crippen LogP contribution in [0.5, 0.6) is 0 Å². The Morgan fingerprint density at radius 3 is 2.84 bits per heavy atom. The van der Waals surface area contributed by atoms with Crippen molar-refractivity contribution in [2.75, 3.05) is 11.1 Å². The van der Waals surface area contributed by atoms with Crippen LogP contribution in [0.4, 0.5) is 5.00 Å². The first-order valence-corrected chi connectivity index (χ1v) is 9.17. The maximum absolute atomic E-state index is 12.0. The summed E-state index contributed by atoms with van der Waals surface area (Å²) in [5.74, 6) is -0.582. The van der Waals surface area contributed by atoms with E-state index in [1.54, 1.807) is 29.6 Å². The molecule has 2 amide bonds. The van der Waals surface area contributed by atoms with E-state index in [0.717, 1.165) is 11.8 Å². The van der Waals surface area contributed by atoms with Crippen molar-refractivity contribution in [3.05, 3.63) is 46.3 Å². The fourth-order valence-corrected chi connectivity index (χ4v) is 3.49. The van der Waals surface area contributed by atoms with Crippen molar-refractivity contribution in [3.8, 4) is 11.5 Å². The number of anilines is 1. The number of thiophene rings is 1. The van der Waals surface area contributed by atoms with Gasteiger partial charge in [-0.2, -0.15) is 0 Å². The second-order valence-corrected chi connectivity index (χ2v) is 6.97. The Labute approximate surface area is 155 Å². The van der Waals surface area contributed by atoms with Crippen LogP contribution in [0.2, 0.25) is 5.02 Å². The van der Waals surface area contributed by atoms with Crippen LogP contribution in [0, 0.1) is 0 Å². The zero-order valence-electron chi connectivity index (χ0n) is 12.6. The largest absolute Gasteiger partial charge is 0.411 e. The standard InChI is InChI=1S/C15H11ClN4O3S2/c16-10-4-2-1-3-8(10)13-19-20-15(23-13)25-7-11(21)18-14-9(12(17)22)5-6-24-14/h1-6H,7H2,(H2,17,22)(H,18,21). The number of hydrogen-bond donors (Lipinski definition) is 2. The van der Waals surface area contributed by atoms with E-state index in [2.05, 4.69) is 15.5 Å². The van der Waals surface area contributed by atoms with Gasteiger partial charge < -0.3 is 15.5 Å². The first-order chi connectivity index (χ1) is 12.0. The van der Waals surface area contributed by atoms with Crippen molar-refractivity contribution in [1.82, 2.24) is 10.2 Å². The maximum Gasteiger partial charge on any atom is 0.277 e. The molecular formula is C15H11ClN4O3S2. The second-order valence-electron chi connectivity index (χ2n) is 4.72. The molecule has 3 rings (SSSR count). The summed E-state index contributed by atoms with van der Waals surface area (Å²) in [6, 6.07) is 8.65. The Hall–Kier alpha value is -2.36. The van der Waals surface area contributed by atoms with Gasteiger partial charge in [-0.25, -0.2) is 0 Å². The molecule has 1 aromatic carbocycles. The zero-order chi connectivity index (χ0) is 17.8. The summed E-state index contributed by atoms with van der Waals surface area (Å²) in [5.41, 5.74) is 6.14. The van der Waals surface area contributed by atoms with E-state index in [1.165, 1.54) is 11.3 Å².